The Hall–Kier alpha value is -2.06. The highest BCUT2D eigenvalue weighted by Gasteiger charge is 2.43. The predicted molar refractivity (Wildman–Crippen MR) is 87.0 cm³/mol. The second-order valence-corrected chi connectivity index (χ2v) is 5.94. The molecule has 0 spiro atoms. The van der Waals surface area contributed by atoms with Gasteiger partial charge in [-0.1, -0.05) is 29.9 Å². The summed E-state index contributed by atoms with van der Waals surface area (Å²) in [6.07, 6.45) is 6.64. The summed E-state index contributed by atoms with van der Waals surface area (Å²) in [5.74, 6) is 0.459. The number of hydrogen-bond acceptors (Lipinski definition) is 2. The van der Waals surface area contributed by atoms with Crippen LogP contribution in [0.1, 0.15) is 39.5 Å². The maximum absolute atomic E-state index is 9.69. The van der Waals surface area contributed by atoms with Crippen molar-refractivity contribution in [3.8, 4) is 12.1 Å². The van der Waals surface area contributed by atoms with E-state index in [1.807, 2.05) is 19.9 Å². The van der Waals surface area contributed by atoms with Gasteiger partial charge in [0.2, 0.25) is 0 Å². The van der Waals surface area contributed by atoms with Crippen molar-refractivity contribution < 1.29 is 0 Å². The normalized spacial score (nSPS) is 22.1. The van der Waals surface area contributed by atoms with Crippen molar-refractivity contribution in [1.82, 2.24) is 0 Å². The molecule has 0 heterocycles. The summed E-state index contributed by atoms with van der Waals surface area (Å²) in [7, 11) is 0. The monoisotopic (exact) mass is 280 g/mol. The fourth-order valence-electron chi connectivity index (χ4n) is 3.52. The zero-order valence-corrected chi connectivity index (χ0v) is 13.2. The Morgan fingerprint density at radius 3 is 2.38 bits per heavy atom. The predicted octanol–water partition coefficient (Wildman–Crippen LogP) is 5.09. The van der Waals surface area contributed by atoms with Crippen LogP contribution in [0.4, 0.5) is 0 Å². The minimum atomic E-state index is -1.10. The molecular weight excluding hydrogens is 256 g/mol. The van der Waals surface area contributed by atoms with Gasteiger partial charge in [0.1, 0.15) is 0 Å². The number of nitrogens with zero attached hydrogens (tertiary/aromatic N) is 2. The van der Waals surface area contributed by atoms with Crippen molar-refractivity contribution in [3.05, 3.63) is 48.6 Å². The van der Waals surface area contributed by atoms with E-state index in [-0.39, 0.29) is 5.92 Å². The summed E-state index contributed by atoms with van der Waals surface area (Å²) < 4.78 is 0. The van der Waals surface area contributed by atoms with Gasteiger partial charge in [0.15, 0.2) is 5.41 Å². The smallest absolute Gasteiger partial charge is 0.168 e. The molecule has 21 heavy (non-hydrogen) atoms. The lowest BCUT2D eigenvalue weighted by Gasteiger charge is -2.39. The van der Waals surface area contributed by atoms with Crippen molar-refractivity contribution in [2.24, 2.45) is 17.3 Å². The fourth-order valence-corrected chi connectivity index (χ4v) is 3.52. The first-order chi connectivity index (χ1) is 9.97. The van der Waals surface area contributed by atoms with Gasteiger partial charge in [-0.15, -0.1) is 13.2 Å². The van der Waals surface area contributed by atoms with Crippen LogP contribution in [0.5, 0.6) is 0 Å². The van der Waals surface area contributed by atoms with Crippen LogP contribution in [-0.2, 0) is 0 Å². The molecule has 0 aliphatic heterocycles. The Morgan fingerprint density at radius 2 is 1.95 bits per heavy atom. The average molecular weight is 280 g/mol. The van der Waals surface area contributed by atoms with Gasteiger partial charge in [0.05, 0.1) is 12.1 Å². The van der Waals surface area contributed by atoms with Crippen LogP contribution in [0, 0.1) is 39.9 Å². The molecule has 0 fully saturated rings. The van der Waals surface area contributed by atoms with E-state index in [1.54, 1.807) is 6.08 Å². The van der Waals surface area contributed by atoms with E-state index in [0.717, 1.165) is 30.4 Å². The van der Waals surface area contributed by atoms with Crippen LogP contribution in [-0.4, -0.2) is 0 Å². The summed E-state index contributed by atoms with van der Waals surface area (Å²) in [5, 5.41) is 19.4. The van der Waals surface area contributed by atoms with Crippen molar-refractivity contribution in [3.63, 3.8) is 0 Å². The molecule has 110 valence electrons. The van der Waals surface area contributed by atoms with Crippen LogP contribution >= 0.6 is 0 Å². The zero-order chi connectivity index (χ0) is 16.0. The lowest BCUT2D eigenvalue weighted by molar-refractivity contribution is 0.339. The molecule has 0 aromatic heterocycles. The first-order valence-corrected chi connectivity index (χ1v) is 7.37. The molecule has 1 aliphatic rings. The van der Waals surface area contributed by atoms with Crippen molar-refractivity contribution in [2.75, 3.05) is 0 Å². The highest BCUT2D eigenvalue weighted by Crippen LogP contribution is 2.48. The lowest BCUT2D eigenvalue weighted by atomic mass is 9.62. The number of nitriles is 2. The molecule has 0 aromatic carbocycles. The Balaban J connectivity index is 3.48. The van der Waals surface area contributed by atoms with Crippen LogP contribution in [0.3, 0.4) is 0 Å². The third-order valence-electron chi connectivity index (χ3n) is 4.49. The molecular formula is C19H24N2. The first kappa shape index (κ1) is 17.0. The van der Waals surface area contributed by atoms with Crippen LogP contribution in [0.25, 0.3) is 0 Å². The quantitative estimate of drug-likeness (QED) is 0.636. The molecule has 2 atom stereocenters. The SMILES string of the molecule is C=CC[C@@H]1C(C(C#N)(C#N)CC=C)=C(C)CC[C@H]1C(=C)C. The third kappa shape index (κ3) is 3.17. The van der Waals surface area contributed by atoms with Crippen molar-refractivity contribution in [2.45, 2.75) is 39.5 Å². The van der Waals surface area contributed by atoms with Crippen molar-refractivity contribution in [1.29, 1.82) is 10.5 Å². The summed E-state index contributed by atoms with van der Waals surface area (Å²) in [4.78, 5) is 0. The maximum Gasteiger partial charge on any atom is 0.168 e. The lowest BCUT2D eigenvalue weighted by Crippen LogP contribution is -2.33. The van der Waals surface area contributed by atoms with Gasteiger partial charge in [0.25, 0.3) is 0 Å². The van der Waals surface area contributed by atoms with E-state index in [9.17, 15) is 10.5 Å². The summed E-state index contributed by atoms with van der Waals surface area (Å²) >= 11 is 0. The fraction of sp³-hybridized carbons (Fsp3) is 0.474. The topological polar surface area (TPSA) is 47.6 Å². The van der Waals surface area contributed by atoms with Crippen LogP contribution in [0.15, 0.2) is 48.6 Å². The van der Waals surface area contributed by atoms with Gasteiger partial charge < -0.3 is 0 Å². The Morgan fingerprint density at radius 1 is 1.33 bits per heavy atom. The van der Waals surface area contributed by atoms with E-state index < -0.39 is 5.41 Å². The maximum atomic E-state index is 9.69. The average Bonchev–Trinajstić information content (AvgIpc) is 2.46. The second-order valence-electron chi connectivity index (χ2n) is 5.94. The number of allylic oxidation sites excluding steroid dienone is 5. The highest BCUT2D eigenvalue weighted by atomic mass is 14.5. The summed E-state index contributed by atoms with van der Waals surface area (Å²) in [5.41, 5.74) is 2.17. The molecule has 2 nitrogen and oxygen atoms in total. The Kier molecular flexibility index (Phi) is 5.74. The Labute approximate surface area is 128 Å². The van der Waals surface area contributed by atoms with Gasteiger partial charge in [-0.25, -0.2) is 0 Å². The second kappa shape index (κ2) is 7.09. The Bertz CT molecular complexity index is 537. The summed E-state index contributed by atoms with van der Waals surface area (Å²) in [6.45, 7) is 15.8. The molecule has 0 aromatic rings. The van der Waals surface area contributed by atoms with E-state index in [4.69, 9.17) is 0 Å². The molecule has 0 bridgehead atoms. The number of hydrogen-bond donors (Lipinski definition) is 0. The van der Waals surface area contributed by atoms with Gasteiger partial charge in [-0.3, -0.25) is 0 Å². The standard InChI is InChI=1S/C19H24N2/c1-6-8-17-16(14(3)4)10-9-15(5)18(17)19(12-20,13-21)11-7-2/h6-7,16-17H,1-3,8-11H2,4-5H3/t16-,17-/m0/s1. The molecule has 0 saturated carbocycles. The van der Waals surface area contributed by atoms with E-state index in [1.165, 1.54) is 5.57 Å². The van der Waals surface area contributed by atoms with E-state index in [2.05, 4.69) is 31.9 Å². The van der Waals surface area contributed by atoms with E-state index in [0.29, 0.717) is 12.3 Å². The number of rotatable bonds is 6. The first-order valence-electron chi connectivity index (χ1n) is 7.37. The van der Waals surface area contributed by atoms with Crippen LogP contribution < -0.4 is 0 Å². The largest absolute Gasteiger partial charge is 0.196 e. The van der Waals surface area contributed by atoms with E-state index >= 15 is 0 Å². The van der Waals surface area contributed by atoms with Crippen LogP contribution in [0.2, 0.25) is 0 Å². The minimum Gasteiger partial charge on any atom is -0.196 e. The molecule has 2 heteroatoms. The minimum absolute atomic E-state index is 0.146. The molecule has 0 saturated heterocycles. The van der Waals surface area contributed by atoms with Gasteiger partial charge >= 0.3 is 0 Å². The van der Waals surface area contributed by atoms with Crippen molar-refractivity contribution >= 4 is 0 Å². The third-order valence-corrected chi connectivity index (χ3v) is 4.49. The molecule has 0 N–H and O–H groups in total. The van der Waals surface area contributed by atoms with Gasteiger partial charge in [0, 0.05) is 6.42 Å². The molecule has 0 unspecified atom stereocenters. The van der Waals surface area contributed by atoms with Gasteiger partial charge in [-0.05, 0) is 50.5 Å². The molecule has 0 radical (unpaired) electrons. The molecule has 0 amide bonds. The zero-order valence-electron chi connectivity index (χ0n) is 13.2. The van der Waals surface area contributed by atoms with Gasteiger partial charge in [-0.2, -0.15) is 10.5 Å². The summed E-state index contributed by atoms with van der Waals surface area (Å²) in [6, 6.07) is 4.52. The molecule has 1 aliphatic carbocycles. The highest BCUT2D eigenvalue weighted by molar-refractivity contribution is 5.41. The molecule has 1 rings (SSSR count).